The third-order valence-corrected chi connectivity index (χ3v) is 3.78. The summed E-state index contributed by atoms with van der Waals surface area (Å²) in [6.45, 7) is 2.48. The van der Waals surface area contributed by atoms with E-state index in [1.54, 1.807) is 16.8 Å². The van der Waals surface area contributed by atoms with Crippen molar-refractivity contribution in [2.24, 2.45) is 10.7 Å². The van der Waals surface area contributed by atoms with Crippen LogP contribution in [0.5, 0.6) is 0 Å². The maximum absolute atomic E-state index is 13.0. The van der Waals surface area contributed by atoms with Crippen LogP contribution >= 0.6 is 0 Å². The van der Waals surface area contributed by atoms with Crippen molar-refractivity contribution in [1.29, 1.82) is 0 Å². The zero-order valence-electron chi connectivity index (χ0n) is 14.0. The van der Waals surface area contributed by atoms with Crippen LogP contribution in [0.25, 0.3) is 5.69 Å². The minimum atomic E-state index is -0.272. The summed E-state index contributed by atoms with van der Waals surface area (Å²) in [7, 11) is 0. The van der Waals surface area contributed by atoms with E-state index in [1.807, 2.05) is 24.4 Å². The van der Waals surface area contributed by atoms with E-state index in [0.717, 1.165) is 23.5 Å². The standard InChI is InChI=1S/C19H20FN5/c1-2-14-3-7-16(8-4-14)23-19(21)22-13-17-11-12-25(24-17)18-9-5-15(20)6-10-18/h3-12H,2,13H2,1H3,(H3,21,22,23). The maximum atomic E-state index is 13.0. The maximum Gasteiger partial charge on any atom is 0.193 e. The SMILES string of the molecule is CCc1ccc(NC(N)=NCc2ccn(-c3ccc(F)cc3)n2)cc1. The summed E-state index contributed by atoms with van der Waals surface area (Å²) in [5, 5.41) is 7.48. The second-order valence-electron chi connectivity index (χ2n) is 5.61. The van der Waals surface area contributed by atoms with Crippen molar-refractivity contribution in [1.82, 2.24) is 9.78 Å². The first-order valence-corrected chi connectivity index (χ1v) is 8.10. The van der Waals surface area contributed by atoms with Crippen molar-refractivity contribution in [3.8, 4) is 5.69 Å². The van der Waals surface area contributed by atoms with E-state index >= 15 is 0 Å². The number of aryl methyl sites for hydroxylation is 1. The lowest BCUT2D eigenvalue weighted by Gasteiger charge is -2.06. The number of nitrogens with one attached hydrogen (secondary N) is 1. The van der Waals surface area contributed by atoms with E-state index in [0.29, 0.717) is 12.5 Å². The van der Waals surface area contributed by atoms with Crippen LogP contribution in [0.3, 0.4) is 0 Å². The van der Waals surface area contributed by atoms with Crippen LogP contribution in [0.1, 0.15) is 18.2 Å². The summed E-state index contributed by atoms with van der Waals surface area (Å²) in [4.78, 5) is 4.30. The number of halogens is 1. The number of benzene rings is 2. The zero-order valence-corrected chi connectivity index (χ0v) is 14.0. The quantitative estimate of drug-likeness (QED) is 0.553. The molecule has 6 heteroatoms. The molecule has 0 saturated carbocycles. The number of anilines is 1. The van der Waals surface area contributed by atoms with Gasteiger partial charge in [-0.2, -0.15) is 5.10 Å². The minimum Gasteiger partial charge on any atom is -0.370 e. The molecular formula is C19H20FN5. The molecule has 0 aliphatic carbocycles. The first-order valence-electron chi connectivity index (χ1n) is 8.10. The lowest BCUT2D eigenvalue weighted by atomic mass is 10.1. The molecule has 5 nitrogen and oxygen atoms in total. The highest BCUT2D eigenvalue weighted by Gasteiger charge is 2.02. The molecule has 3 aromatic rings. The molecule has 128 valence electrons. The van der Waals surface area contributed by atoms with Crippen LogP contribution in [0, 0.1) is 5.82 Å². The molecule has 0 aliphatic heterocycles. The summed E-state index contributed by atoms with van der Waals surface area (Å²) in [6.07, 6.45) is 2.81. The highest BCUT2D eigenvalue weighted by atomic mass is 19.1. The van der Waals surface area contributed by atoms with Crippen LogP contribution in [0.4, 0.5) is 10.1 Å². The van der Waals surface area contributed by atoms with Gasteiger partial charge in [-0.25, -0.2) is 14.1 Å². The number of hydrogen-bond acceptors (Lipinski definition) is 2. The Morgan fingerprint density at radius 1 is 1.12 bits per heavy atom. The average molecular weight is 337 g/mol. The number of aliphatic imine (C=N–C) groups is 1. The first-order chi connectivity index (χ1) is 12.1. The number of guanidine groups is 1. The number of nitrogens with two attached hydrogens (primary N) is 1. The second-order valence-corrected chi connectivity index (χ2v) is 5.61. The van der Waals surface area contributed by atoms with Gasteiger partial charge in [0.25, 0.3) is 0 Å². The molecular weight excluding hydrogens is 317 g/mol. The van der Waals surface area contributed by atoms with E-state index in [9.17, 15) is 4.39 Å². The Morgan fingerprint density at radius 2 is 1.84 bits per heavy atom. The first kappa shape index (κ1) is 16.7. The van der Waals surface area contributed by atoms with Gasteiger partial charge in [0.1, 0.15) is 5.82 Å². The third kappa shape index (κ3) is 4.44. The molecule has 0 aliphatic rings. The van der Waals surface area contributed by atoms with E-state index in [1.165, 1.54) is 17.7 Å². The van der Waals surface area contributed by atoms with Gasteiger partial charge in [-0.3, -0.25) is 0 Å². The fourth-order valence-electron chi connectivity index (χ4n) is 2.36. The molecule has 0 bridgehead atoms. The Bertz CT molecular complexity index is 850. The second kappa shape index (κ2) is 7.61. The third-order valence-electron chi connectivity index (χ3n) is 3.78. The van der Waals surface area contributed by atoms with Gasteiger partial charge in [0.2, 0.25) is 0 Å². The molecule has 2 aromatic carbocycles. The van der Waals surface area contributed by atoms with Crippen molar-refractivity contribution < 1.29 is 4.39 Å². The smallest absolute Gasteiger partial charge is 0.193 e. The van der Waals surface area contributed by atoms with Gasteiger partial charge in [-0.1, -0.05) is 19.1 Å². The van der Waals surface area contributed by atoms with Gasteiger partial charge in [0, 0.05) is 11.9 Å². The molecule has 0 unspecified atom stereocenters. The van der Waals surface area contributed by atoms with Gasteiger partial charge in [-0.15, -0.1) is 0 Å². The Balaban J connectivity index is 1.62. The Morgan fingerprint density at radius 3 is 2.52 bits per heavy atom. The topological polar surface area (TPSA) is 68.2 Å². The fourth-order valence-corrected chi connectivity index (χ4v) is 2.36. The summed E-state index contributed by atoms with van der Waals surface area (Å²) < 4.78 is 14.6. The number of aromatic nitrogens is 2. The monoisotopic (exact) mass is 337 g/mol. The van der Waals surface area contributed by atoms with Crippen LogP contribution in [0.2, 0.25) is 0 Å². The minimum absolute atomic E-state index is 0.272. The van der Waals surface area contributed by atoms with Crippen molar-refractivity contribution in [3.05, 3.63) is 77.9 Å². The van der Waals surface area contributed by atoms with E-state index < -0.39 is 0 Å². The van der Waals surface area contributed by atoms with Crippen LogP contribution in [0.15, 0.2) is 65.8 Å². The van der Waals surface area contributed by atoms with E-state index in [2.05, 4.69) is 34.5 Å². The van der Waals surface area contributed by atoms with Crippen molar-refractivity contribution in [2.45, 2.75) is 19.9 Å². The predicted molar refractivity (Wildman–Crippen MR) is 98.3 cm³/mol. The summed E-state index contributed by atoms with van der Waals surface area (Å²) >= 11 is 0. The number of rotatable bonds is 5. The van der Waals surface area contributed by atoms with Crippen LogP contribution < -0.4 is 11.1 Å². The number of hydrogen-bond donors (Lipinski definition) is 2. The van der Waals surface area contributed by atoms with Crippen molar-refractivity contribution in [3.63, 3.8) is 0 Å². The van der Waals surface area contributed by atoms with Gasteiger partial charge >= 0.3 is 0 Å². The number of nitrogens with zero attached hydrogens (tertiary/aromatic N) is 3. The lowest BCUT2D eigenvalue weighted by Crippen LogP contribution is -2.22. The molecule has 1 aromatic heterocycles. The van der Waals surface area contributed by atoms with E-state index in [4.69, 9.17) is 5.73 Å². The van der Waals surface area contributed by atoms with Crippen molar-refractivity contribution in [2.75, 3.05) is 5.32 Å². The highest BCUT2D eigenvalue weighted by Crippen LogP contribution is 2.11. The molecule has 0 atom stereocenters. The predicted octanol–water partition coefficient (Wildman–Crippen LogP) is 3.50. The molecule has 0 spiro atoms. The van der Waals surface area contributed by atoms with E-state index in [-0.39, 0.29) is 5.82 Å². The Kier molecular flexibility index (Phi) is 5.09. The molecule has 0 saturated heterocycles. The molecule has 1 heterocycles. The Labute approximate surface area is 146 Å². The molecule has 3 N–H and O–H groups in total. The van der Waals surface area contributed by atoms with Gasteiger partial charge in [0.15, 0.2) is 5.96 Å². The summed E-state index contributed by atoms with van der Waals surface area (Å²) in [5.74, 6) is 0.0622. The van der Waals surface area contributed by atoms with Gasteiger partial charge in [0.05, 0.1) is 17.9 Å². The van der Waals surface area contributed by atoms with Crippen molar-refractivity contribution >= 4 is 11.6 Å². The lowest BCUT2D eigenvalue weighted by molar-refractivity contribution is 0.627. The average Bonchev–Trinajstić information content (AvgIpc) is 3.10. The molecule has 25 heavy (non-hydrogen) atoms. The highest BCUT2D eigenvalue weighted by molar-refractivity contribution is 5.92. The molecule has 0 fully saturated rings. The molecule has 0 radical (unpaired) electrons. The normalized spacial score (nSPS) is 11.5. The Hall–Kier alpha value is -3.15. The van der Waals surface area contributed by atoms with Crippen LogP contribution in [-0.2, 0) is 13.0 Å². The van der Waals surface area contributed by atoms with Gasteiger partial charge in [-0.05, 0) is 54.4 Å². The fraction of sp³-hybridized carbons (Fsp3) is 0.158. The van der Waals surface area contributed by atoms with Gasteiger partial charge < -0.3 is 11.1 Å². The largest absolute Gasteiger partial charge is 0.370 e. The molecule has 3 rings (SSSR count). The van der Waals surface area contributed by atoms with Crippen LogP contribution in [-0.4, -0.2) is 15.7 Å². The molecule has 0 amide bonds. The summed E-state index contributed by atoms with van der Waals surface area (Å²) in [6, 6.07) is 16.1. The summed E-state index contributed by atoms with van der Waals surface area (Å²) in [5.41, 5.74) is 9.65. The zero-order chi connectivity index (χ0) is 17.6.